The van der Waals surface area contributed by atoms with E-state index in [1.807, 2.05) is 0 Å². The molecule has 0 amide bonds. The molecule has 1 aliphatic carbocycles. The van der Waals surface area contributed by atoms with Crippen LogP contribution in [0.2, 0.25) is 0 Å². The maximum Gasteiger partial charge on any atom is 0.325 e. The van der Waals surface area contributed by atoms with Crippen molar-refractivity contribution in [2.24, 2.45) is 11.1 Å². The molecule has 0 aromatic heterocycles. The molecule has 0 spiro atoms. The Hall–Kier alpha value is -0.610. The fourth-order valence-corrected chi connectivity index (χ4v) is 3.53. The standard InChI is InChI=1S/C15H28N2O2/c1-4-14(2)7-9-17(10-8-14)12-5-6-15(16,11-12)13(18)19-3/h12H,4-11,16H2,1-3H3. The summed E-state index contributed by atoms with van der Waals surface area (Å²) < 4.78 is 4.84. The van der Waals surface area contributed by atoms with Crippen LogP contribution in [0.4, 0.5) is 0 Å². The molecule has 2 unspecified atom stereocenters. The molecule has 2 fully saturated rings. The fourth-order valence-electron chi connectivity index (χ4n) is 3.53. The van der Waals surface area contributed by atoms with E-state index >= 15 is 0 Å². The SMILES string of the molecule is CCC1(C)CCN(C2CCC(N)(C(=O)OC)C2)CC1. The lowest BCUT2D eigenvalue weighted by Gasteiger charge is -2.41. The van der Waals surface area contributed by atoms with Gasteiger partial charge in [0.15, 0.2) is 0 Å². The predicted molar refractivity (Wildman–Crippen MR) is 75.8 cm³/mol. The van der Waals surface area contributed by atoms with Crippen LogP contribution in [0.1, 0.15) is 52.4 Å². The van der Waals surface area contributed by atoms with Gasteiger partial charge in [-0.1, -0.05) is 20.3 Å². The Balaban J connectivity index is 1.91. The summed E-state index contributed by atoms with van der Waals surface area (Å²) in [4.78, 5) is 14.3. The third kappa shape index (κ3) is 2.95. The number of piperidine rings is 1. The molecule has 1 heterocycles. The number of rotatable bonds is 3. The minimum Gasteiger partial charge on any atom is -0.468 e. The molecule has 2 aliphatic rings. The average Bonchev–Trinajstić information content (AvgIpc) is 2.82. The van der Waals surface area contributed by atoms with Crippen LogP contribution >= 0.6 is 0 Å². The quantitative estimate of drug-likeness (QED) is 0.795. The number of esters is 1. The zero-order valence-electron chi connectivity index (χ0n) is 12.6. The van der Waals surface area contributed by atoms with Gasteiger partial charge >= 0.3 is 5.97 Å². The van der Waals surface area contributed by atoms with Crippen molar-refractivity contribution in [2.75, 3.05) is 20.2 Å². The van der Waals surface area contributed by atoms with E-state index in [1.54, 1.807) is 0 Å². The van der Waals surface area contributed by atoms with Gasteiger partial charge in [0.05, 0.1) is 7.11 Å². The van der Waals surface area contributed by atoms with Crippen LogP contribution in [0.15, 0.2) is 0 Å². The molecule has 0 aromatic rings. The first-order chi connectivity index (χ1) is 8.92. The molecule has 110 valence electrons. The van der Waals surface area contributed by atoms with Crippen molar-refractivity contribution in [3.63, 3.8) is 0 Å². The van der Waals surface area contributed by atoms with E-state index in [9.17, 15) is 4.79 Å². The summed E-state index contributed by atoms with van der Waals surface area (Å²) in [6.07, 6.45) is 6.31. The maximum atomic E-state index is 11.7. The molecule has 1 aliphatic heterocycles. The Kier molecular flexibility index (Phi) is 4.21. The van der Waals surface area contributed by atoms with Gasteiger partial charge in [-0.2, -0.15) is 0 Å². The first kappa shape index (κ1) is 14.8. The van der Waals surface area contributed by atoms with Crippen LogP contribution in [0.3, 0.4) is 0 Å². The van der Waals surface area contributed by atoms with Crippen LogP contribution in [-0.4, -0.2) is 42.6 Å². The number of carbonyl (C=O) groups excluding carboxylic acids is 1. The summed E-state index contributed by atoms with van der Waals surface area (Å²) in [5.74, 6) is -0.245. The molecule has 2 N–H and O–H groups in total. The molecule has 19 heavy (non-hydrogen) atoms. The minimum absolute atomic E-state index is 0.245. The number of carbonyl (C=O) groups is 1. The van der Waals surface area contributed by atoms with Crippen LogP contribution in [0.5, 0.6) is 0 Å². The number of likely N-dealkylation sites (tertiary alicyclic amines) is 1. The van der Waals surface area contributed by atoms with Gasteiger partial charge in [0.1, 0.15) is 5.54 Å². The molecule has 0 aromatic carbocycles. The van der Waals surface area contributed by atoms with Crippen molar-refractivity contribution in [1.82, 2.24) is 4.90 Å². The van der Waals surface area contributed by atoms with Crippen LogP contribution in [-0.2, 0) is 9.53 Å². The van der Waals surface area contributed by atoms with Gasteiger partial charge in [-0.15, -0.1) is 0 Å². The third-order valence-electron chi connectivity index (χ3n) is 5.49. The monoisotopic (exact) mass is 268 g/mol. The normalized spacial score (nSPS) is 35.3. The molecule has 2 atom stereocenters. The van der Waals surface area contributed by atoms with Crippen molar-refractivity contribution in [3.05, 3.63) is 0 Å². The van der Waals surface area contributed by atoms with Crippen molar-refractivity contribution in [1.29, 1.82) is 0 Å². The summed E-state index contributed by atoms with van der Waals surface area (Å²) in [7, 11) is 1.43. The largest absolute Gasteiger partial charge is 0.468 e. The summed E-state index contributed by atoms with van der Waals surface area (Å²) in [5, 5.41) is 0. The van der Waals surface area contributed by atoms with E-state index in [0.29, 0.717) is 11.5 Å². The lowest BCUT2D eigenvalue weighted by Crippen LogP contribution is -2.49. The number of hydrogen-bond acceptors (Lipinski definition) is 4. The van der Waals surface area contributed by atoms with Crippen molar-refractivity contribution in [2.45, 2.75) is 64.0 Å². The summed E-state index contributed by atoms with van der Waals surface area (Å²) in [6.45, 7) is 6.96. The lowest BCUT2D eigenvalue weighted by atomic mass is 9.78. The second kappa shape index (κ2) is 5.41. The Morgan fingerprint density at radius 3 is 2.53 bits per heavy atom. The summed E-state index contributed by atoms with van der Waals surface area (Å²) in [5.41, 5.74) is 5.95. The van der Waals surface area contributed by atoms with Crippen molar-refractivity contribution >= 4 is 5.97 Å². The minimum atomic E-state index is -0.745. The first-order valence-corrected chi connectivity index (χ1v) is 7.54. The van der Waals surface area contributed by atoms with Crippen LogP contribution in [0.25, 0.3) is 0 Å². The second-order valence-electron chi connectivity index (χ2n) is 6.74. The smallest absolute Gasteiger partial charge is 0.325 e. The highest BCUT2D eigenvalue weighted by Crippen LogP contribution is 2.38. The third-order valence-corrected chi connectivity index (χ3v) is 5.49. The Morgan fingerprint density at radius 1 is 1.37 bits per heavy atom. The number of nitrogens with two attached hydrogens (primary N) is 1. The molecule has 1 saturated carbocycles. The number of hydrogen-bond donors (Lipinski definition) is 1. The van der Waals surface area contributed by atoms with Gasteiger partial charge in [-0.05, 0) is 50.6 Å². The molecule has 4 nitrogen and oxygen atoms in total. The van der Waals surface area contributed by atoms with E-state index < -0.39 is 5.54 Å². The zero-order valence-corrected chi connectivity index (χ0v) is 12.6. The molecule has 0 bridgehead atoms. The van der Waals surface area contributed by atoms with E-state index in [2.05, 4.69) is 18.7 Å². The molecule has 1 saturated heterocycles. The van der Waals surface area contributed by atoms with Crippen LogP contribution in [0, 0.1) is 5.41 Å². The highest BCUT2D eigenvalue weighted by atomic mass is 16.5. The number of methoxy groups -OCH3 is 1. The second-order valence-corrected chi connectivity index (χ2v) is 6.74. The average molecular weight is 268 g/mol. The van der Waals surface area contributed by atoms with E-state index in [-0.39, 0.29) is 5.97 Å². The maximum absolute atomic E-state index is 11.7. The van der Waals surface area contributed by atoms with Crippen molar-refractivity contribution < 1.29 is 9.53 Å². The van der Waals surface area contributed by atoms with E-state index in [4.69, 9.17) is 10.5 Å². The topological polar surface area (TPSA) is 55.6 Å². The molecular formula is C15H28N2O2. The molecule has 2 rings (SSSR count). The molecular weight excluding hydrogens is 240 g/mol. The zero-order chi connectivity index (χ0) is 14.1. The van der Waals surface area contributed by atoms with Gasteiger partial charge in [0, 0.05) is 6.04 Å². The van der Waals surface area contributed by atoms with Gasteiger partial charge < -0.3 is 15.4 Å². The molecule has 4 heteroatoms. The van der Waals surface area contributed by atoms with E-state index in [0.717, 1.165) is 32.4 Å². The Bertz CT molecular complexity index is 337. The Labute approximate surface area is 116 Å². The van der Waals surface area contributed by atoms with Gasteiger partial charge in [-0.25, -0.2) is 0 Å². The summed E-state index contributed by atoms with van der Waals surface area (Å²) >= 11 is 0. The fraction of sp³-hybridized carbons (Fsp3) is 0.933. The summed E-state index contributed by atoms with van der Waals surface area (Å²) in [6, 6.07) is 0.463. The van der Waals surface area contributed by atoms with Crippen molar-refractivity contribution in [3.8, 4) is 0 Å². The lowest BCUT2D eigenvalue weighted by molar-refractivity contribution is -0.147. The molecule has 0 radical (unpaired) electrons. The number of ether oxygens (including phenoxy) is 1. The number of nitrogens with zero attached hydrogens (tertiary/aromatic N) is 1. The van der Waals surface area contributed by atoms with Gasteiger partial charge in [0.25, 0.3) is 0 Å². The van der Waals surface area contributed by atoms with Gasteiger partial charge in [-0.3, -0.25) is 4.79 Å². The van der Waals surface area contributed by atoms with E-state index in [1.165, 1.54) is 26.4 Å². The predicted octanol–water partition coefficient (Wildman–Crippen LogP) is 1.92. The highest BCUT2D eigenvalue weighted by Gasteiger charge is 2.45. The highest BCUT2D eigenvalue weighted by molar-refractivity contribution is 5.81. The van der Waals surface area contributed by atoms with Crippen LogP contribution < -0.4 is 5.73 Å². The Morgan fingerprint density at radius 2 is 2.00 bits per heavy atom. The van der Waals surface area contributed by atoms with Gasteiger partial charge in [0.2, 0.25) is 0 Å². The first-order valence-electron chi connectivity index (χ1n) is 7.54.